The Morgan fingerprint density at radius 1 is 1.18 bits per heavy atom. The molecule has 0 N–H and O–H groups in total. The third-order valence-corrected chi connectivity index (χ3v) is 2.98. The lowest BCUT2D eigenvalue weighted by molar-refractivity contribution is -0.607. The lowest BCUT2D eigenvalue weighted by Gasteiger charge is -2.01. The van der Waals surface area contributed by atoms with Crippen LogP contribution in [0.5, 0.6) is 0 Å². The first kappa shape index (κ1) is 11.4. The van der Waals surface area contributed by atoms with Crippen molar-refractivity contribution in [3.8, 4) is 0 Å². The fourth-order valence-corrected chi connectivity index (χ4v) is 2.19. The molecule has 0 saturated carbocycles. The fraction of sp³-hybridized carbons (Fsp3) is 0. The summed E-state index contributed by atoms with van der Waals surface area (Å²) in [6.07, 6.45) is 2.81. The van der Waals surface area contributed by atoms with E-state index in [9.17, 15) is 15.3 Å². The molecule has 2 rings (SSSR count). The third kappa shape index (κ3) is 2.94. The lowest BCUT2D eigenvalue weighted by atomic mass is 10.3. The van der Waals surface area contributed by atoms with Crippen molar-refractivity contribution in [2.45, 2.75) is 9.79 Å². The van der Waals surface area contributed by atoms with Gasteiger partial charge in [0, 0.05) is 23.1 Å². The number of rotatable bonds is 3. The van der Waals surface area contributed by atoms with Crippen LogP contribution in [-0.4, -0.2) is 4.92 Å². The first-order valence-corrected chi connectivity index (χ1v) is 5.58. The molecule has 2 aromatic rings. The summed E-state index contributed by atoms with van der Waals surface area (Å²) in [5.41, 5.74) is 0.0425. The van der Waals surface area contributed by atoms with E-state index in [1.807, 2.05) is 0 Å². The van der Waals surface area contributed by atoms with Gasteiger partial charge in [-0.25, -0.2) is 0 Å². The second kappa shape index (κ2) is 4.84. The van der Waals surface area contributed by atoms with E-state index in [1.54, 1.807) is 24.3 Å². The Balaban J connectivity index is 2.24. The van der Waals surface area contributed by atoms with Gasteiger partial charge in [-0.05, 0) is 12.1 Å². The molecule has 0 aliphatic heterocycles. The van der Waals surface area contributed by atoms with Crippen molar-refractivity contribution in [1.82, 2.24) is 0 Å². The molecule has 1 aromatic carbocycles. The summed E-state index contributed by atoms with van der Waals surface area (Å²) in [7, 11) is 0. The molecule has 5 nitrogen and oxygen atoms in total. The summed E-state index contributed by atoms with van der Waals surface area (Å²) >= 11 is 1.31. The minimum Gasteiger partial charge on any atom is -0.619 e. The predicted molar refractivity (Wildman–Crippen MR) is 62.6 cm³/mol. The summed E-state index contributed by atoms with van der Waals surface area (Å²) in [6, 6.07) is 9.70. The van der Waals surface area contributed by atoms with Crippen LogP contribution in [0.2, 0.25) is 0 Å². The zero-order valence-corrected chi connectivity index (χ0v) is 9.46. The van der Waals surface area contributed by atoms with Gasteiger partial charge in [-0.2, -0.15) is 4.73 Å². The molecule has 0 radical (unpaired) electrons. The Hall–Kier alpha value is -2.08. The lowest BCUT2D eigenvalue weighted by Crippen LogP contribution is -2.23. The van der Waals surface area contributed by atoms with Crippen molar-refractivity contribution < 1.29 is 9.65 Å². The highest BCUT2D eigenvalue weighted by molar-refractivity contribution is 7.99. The van der Waals surface area contributed by atoms with Crippen molar-refractivity contribution >= 4 is 17.4 Å². The van der Waals surface area contributed by atoms with E-state index >= 15 is 0 Å². The van der Waals surface area contributed by atoms with Crippen molar-refractivity contribution in [1.29, 1.82) is 0 Å². The zero-order chi connectivity index (χ0) is 12.3. The number of hydrogen-bond donors (Lipinski definition) is 0. The van der Waals surface area contributed by atoms with Gasteiger partial charge in [0.25, 0.3) is 5.69 Å². The molecule has 0 spiro atoms. The molecular formula is C11H8N2O3S. The normalized spacial score (nSPS) is 10.1. The van der Waals surface area contributed by atoms with Crippen molar-refractivity contribution in [2.24, 2.45) is 0 Å². The van der Waals surface area contributed by atoms with Crippen LogP contribution in [0, 0.1) is 15.3 Å². The molecule has 0 atom stereocenters. The number of hydrogen-bond acceptors (Lipinski definition) is 4. The second-order valence-electron chi connectivity index (χ2n) is 3.26. The highest BCUT2D eigenvalue weighted by atomic mass is 32.2. The minimum atomic E-state index is -0.442. The Kier molecular flexibility index (Phi) is 3.24. The van der Waals surface area contributed by atoms with E-state index in [0.29, 0.717) is 4.73 Å². The number of aromatic nitrogens is 1. The number of non-ortho nitro benzene ring substituents is 1. The molecule has 0 unspecified atom stereocenters. The first-order chi connectivity index (χ1) is 8.15. The van der Waals surface area contributed by atoms with Crippen molar-refractivity contribution in [3.05, 3.63) is 64.1 Å². The molecule has 0 bridgehead atoms. The number of pyridine rings is 1. The monoisotopic (exact) mass is 248 g/mol. The van der Waals surface area contributed by atoms with E-state index in [2.05, 4.69) is 0 Å². The van der Waals surface area contributed by atoms with Crippen LogP contribution in [0.1, 0.15) is 0 Å². The van der Waals surface area contributed by atoms with Crippen LogP contribution in [-0.2, 0) is 0 Å². The van der Waals surface area contributed by atoms with Crippen LogP contribution < -0.4 is 4.73 Å². The van der Waals surface area contributed by atoms with Gasteiger partial charge in [-0.3, -0.25) is 10.1 Å². The van der Waals surface area contributed by atoms with Crippen LogP contribution in [0.15, 0.2) is 58.6 Å². The Morgan fingerprint density at radius 2 is 1.94 bits per heavy atom. The highest BCUT2D eigenvalue weighted by Crippen LogP contribution is 2.28. The van der Waals surface area contributed by atoms with Gasteiger partial charge in [-0.15, -0.1) is 0 Å². The minimum absolute atomic E-state index is 0.0425. The molecular weight excluding hydrogens is 240 g/mol. The van der Waals surface area contributed by atoms with Gasteiger partial charge < -0.3 is 5.21 Å². The van der Waals surface area contributed by atoms with Gasteiger partial charge in [0.2, 0.25) is 0 Å². The molecule has 0 aliphatic carbocycles. The van der Waals surface area contributed by atoms with Gasteiger partial charge >= 0.3 is 0 Å². The van der Waals surface area contributed by atoms with Crippen molar-refractivity contribution in [2.75, 3.05) is 0 Å². The smallest absolute Gasteiger partial charge is 0.270 e. The maximum atomic E-state index is 11.1. The molecule has 1 heterocycles. The first-order valence-electron chi connectivity index (χ1n) is 4.76. The molecule has 0 aliphatic rings. The SMILES string of the molecule is O=[N+]([O-])c1cccc(Sc2ccc[n+]([O-])c2)c1. The maximum absolute atomic E-state index is 11.1. The second-order valence-corrected chi connectivity index (χ2v) is 4.40. The number of nitro benzene ring substituents is 1. The largest absolute Gasteiger partial charge is 0.619 e. The van der Waals surface area contributed by atoms with E-state index in [-0.39, 0.29) is 5.69 Å². The average Bonchev–Trinajstić information content (AvgIpc) is 2.29. The quantitative estimate of drug-likeness (QED) is 0.362. The summed E-state index contributed by atoms with van der Waals surface area (Å²) < 4.78 is 0.694. The van der Waals surface area contributed by atoms with E-state index in [4.69, 9.17) is 0 Å². The van der Waals surface area contributed by atoms with Crippen LogP contribution in [0.4, 0.5) is 5.69 Å². The van der Waals surface area contributed by atoms with Gasteiger partial charge in [0.15, 0.2) is 12.4 Å². The Bertz CT molecular complexity index is 560. The molecule has 1 aromatic heterocycles. The van der Waals surface area contributed by atoms with E-state index < -0.39 is 4.92 Å². The summed E-state index contributed by atoms with van der Waals surface area (Å²) in [5.74, 6) is 0. The van der Waals surface area contributed by atoms with E-state index in [0.717, 1.165) is 9.79 Å². The third-order valence-electron chi connectivity index (χ3n) is 2.01. The molecule has 86 valence electrons. The van der Waals surface area contributed by atoms with Crippen molar-refractivity contribution in [3.63, 3.8) is 0 Å². The van der Waals surface area contributed by atoms with Crippen LogP contribution in [0.3, 0.4) is 0 Å². The fourth-order valence-electron chi connectivity index (χ4n) is 1.29. The molecule has 17 heavy (non-hydrogen) atoms. The summed E-state index contributed by atoms with van der Waals surface area (Å²) in [4.78, 5) is 11.6. The van der Waals surface area contributed by atoms with Gasteiger partial charge in [0.1, 0.15) is 0 Å². The Labute approximate surface area is 101 Å². The molecule has 0 fully saturated rings. The van der Waals surface area contributed by atoms with Gasteiger partial charge in [-0.1, -0.05) is 17.8 Å². The van der Waals surface area contributed by atoms with Gasteiger partial charge in [0.05, 0.1) is 9.82 Å². The maximum Gasteiger partial charge on any atom is 0.270 e. The molecule has 6 heteroatoms. The number of nitro groups is 1. The topological polar surface area (TPSA) is 70.1 Å². The molecule has 0 amide bonds. The number of benzene rings is 1. The highest BCUT2D eigenvalue weighted by Gasteiger charge is 2.07. The average molecular weight is 248 g/mol. The van der Waals surface area contributed by atoms with Crippen LogP contribution >= 0.6 is 11.8 Å². The predicted octanol–water partition coefficient (Wildman–Crippen LogP) is 2.38. The Morgan fingerprint density at radius 3 is 2.65 bits per heavy atom. The van der Waals surface area contributed by atoms with E-state index in [1.165, 1.54) is 36.3 Å². The summed E-state index contributed by atoms with van der Waals surface area (Å²) in [6.45, 7) is 0. The molecule has 0 saturated heterocycles. The number of nitrogens with zero attached hydrogens (tertiary/aromatic N) is 2. The standard InChI is InChI=1S/C11H8N2O3S/c14-12-6-2-5-11(8-12)17-10-4-1-3-9(7-10)13(15)16/h1-8H. The zero-order valence-electron chi connectivity index (χ0n) is 8.65. The van der Waals surface area contributed by atoms with Crippen LogP contribution in [0.25, 0.3) is 0 Å². The summed E-state index contributed by atoms with van der Waals surface area (Å²) in [5, 5.41) is 21.7.